The third kappa shape index (κ3) is 4.12. The molecule has 18 heavy (non-hydrogen) atoms. The van der Waals surface area contributed by atoms with Crippen molar-refractivity contribution in [2.24, 2.45) is 5.73 Å². The predicted molar refractivity (Wildman–Crippen MR) is 68.9 cm³/mol. The zero-order chi connectivity index (χ0) is 12.8. The average molecular weight is 251 g/mol. The van der Waals surface area contributed by atoms with Gasteiger partial charge in [0.25, 0.3) is 0 Å². The Morgan fingerprint density at radius 2 is 2.22 bits per heavy atom. The van der Waals surface area contributed by atoms with Crippen LogP contribution in [0.4, 0.5) is 0 Å². The minimum atomic E-state index is 0.0811. The molecule has 2 rings (SSSR count). The van der Waals surface area contributed by atoms with E-state index < -0.39 is 0 Å². The lowest BCUT2D eigenvalue weighted by Gasteiger charge is -2.29. The van der Waals surface area contributed by atoms with Gasteiger partial charge < -0.3 is 11.1 Å². The maximum atomic E-state index is 11.7. The fraction of sp³-hybridized carbons (Fsp3) is 0.667. The molecule has 1 fully saturated rings. The van der Waals surface area contributed by atoms with Crippen LogP contribution in [0.3, 0.4) is 0 Å². The molecular formula is C12H21N5O. The first-order valence-electron chi connectivity index (χ1n) is 6.46. The number of hydrogen-bond donors (Lipinski definition) is 2. The van der Waals surface area contributed by atoms with Gasteiger partial charge in [0.2, 0.25) is 5.91 Å². The number of hydrogen-bond acceptors (Lipinski definition) is 4. The second kappa shape index (κ2) is 6.51. The van der Waals surface area contributed by atoms with E-state index in [4.69, 9.17) is 5.73 Å². The zero-order valence-electron chi connectivity index (χ0n) is 10.6. The van der Waals surface area contributed by atoms with E-state index in [1.807, 2.05) is 12.3 Å². The van der Waals surface area contributed by atoms with Crippen molar-refractivity contribution < 1.29 is 4.79 Å². The molecule has 0 atom stereocenters. The van der Waals surface area contributed by atoms with Gasteiger partial charge in [-0.2, -0.15) is 5.10 Å². The highest BCUT2D eigenvalue weighted by molar-refractivity contribution is 5.77. The van der Waals surface area contributed by atoms with Crippen LogP contribution in [0, 0.1) is 0 Å². The Kier molecular flexibility index (Phi) is 4.72. The van der Waals surface area contributed by atoms with Gasteiger partial charge in [0.1, 0.15) is 0 Å². The number of amides is 1. The average Bonchev–Trinajstić information content (AvgIpc) is 2.85. The molecule has 0 aromatic carbocycles. The summed E-state index contributed by atoms with van der Waals surface area (Å²) in [4.78, 5) is 13.9. The van der Waals surface area contributed by atoms with Gasteiger partial charge in [-0.15, -0.1) is 0 Å². The van der Waals surface area contributed by atoms with E-state index in [1.54, 1.807) is 10.9 Å². The third-order valence-electron chi connectivity index (χ3n) is 3.22. The SMILES string of the molecule is NC1CCN(CC(=O)NCCn2cccn2)CC1. The largest absolute Gasteiger partial charge is 0.353 e. The molecule has 0 unspecified atom stereocenters. The smallest absolute Gasteiger partial charge is 0.234 e. The van der Waals surface area contributed by atoms with Crippen molar-refractivity contribution in [3.05, 3.63) is 18.5 Å². The van der Waals surface area contributed by atoms with Crippen molar-refractivity contribution in [1.29, 1.82) is 0 Å². The lowest BCUT2D eigenvalue weighted by molar-refractivity contribution is -0.122. The number of piperidine rings is 1. The third-order valence-corrected chi connectivity index (χ3v) is 3.22. The van der Waals surface area contributed by atoms with Gasteiger partial charge >= 0.3 is 0 Å². The first-order valence-corrected chi connectivity index (χ1v) is 6.46. The fourth-order valence-corrected chi connectivity index (χ4v) is 2.11. The highest BCUT2D eigenvalue weighted by atomic mass is 16.2. The van der Waals surface area contributed by atoms with Crippen molar-refractivity contribution in [1.82, 2.24) is 20.0 Å². The molecule has 0 radical (unpaired) electrons. The summed E-state index contributed by atoms with van der Waals surface area (Å²) < 4.78 is 1.81. The highest BCUT2D eigenvalue weighted by Gasteiger charge is 2.17. The van der Waals surface area contributed by atoms with E-state index in [-0.39, 0.29) is 5.91 Å². The Bertz CT molecular complexity index is 357. The number of carbonyl (C=O) groups is 1. The quantitative estimate of drug-likeness (QED) is 0.734. The van der Waals surface area contributed by atoms with Gasteiger partial charge in [0.15, 0.2) is 0 Å². The number of nitrogens with one attached hydrogen (secondary N) is 1. The Morgan fingerprint density at radius 3 is 2.89 bits per heavy atom. The number of nitrogens with two attached hydrogens (primary N) is 1. The van der Waals surface area contributed by atoms with Crippen LogP contribution in [0.5, 0.6) is 0 Å². The molecule has 0 aliphatic carbocycles. The Hall–Kier alpha value is -1.40. The fourth-order valence-electron chi connectivity index (χ4n) is 2.11. The molecule has 6 heteroatoms. The molecule has 100 valence electrons. The van der Waals surface area contributed by atoms with E-state index >= 15 is 0 Å². The monoisotopic (exact) mass is 251 g/mol. The van der Waals surface area contributed by atoms with E-state index in [0.717, 1.165) is 25.9 Å². The van der Waals surface area contributed by atoms with Gasteiger partial charge in [-0.05, 0) is 18.9 Å². The summed E-state index contributed by atoms with van der Waals surface area (Å²) in [6.07, 6.45) is 5.60. The molecule has 1 aromatic heterocycles. The maximum Gasteiger partial charge on any atom is 0.234 e. The number of rotatable bonds is 5. The van der Waals surface area contributed by atoms with E-state index in [1.165, 1.54) is 0 Å². The van der Waals surface area contributed by atoms with Crippen molar-refractivity contribution in [2.45, 2.75) is 25.4 Å². The summed E-state index contributed by atoms with van der Waals surface area (Å²) in [5.41, 5.74) is 5.83. The first kappa shape index (κ1) is 13.0. The lowest BCUT2D eigenvalue weighted by atomic mass is 10.1. The number of nitrogens with zero attached hydrogens (tertiary/aromatic N) is 3. The molecule has 3 N–H and O–H groups in total. The van der Waals surface area contributed by atoms with Crippen LogP contribution in [0.25, 0.3) is 0 Å². The lowest BCUT2D eigenvalue weighted by Crippen LogP contribution is -2.44. The maximum absolute atomic E-state index is 11.7. The molecule has 6 nitrogen and oxygen atoms in total. The van der Waals surface area contributed by atoms with Gasteiger partial charge in [0.05, 0.1) is 13.1 Å². The summed E-state index contributed by atoms with van der Waals surface area (Å²) in [5.74, 6) is 0.0811. The summed E-state index contributed by atoms with van der Waals surface area (Å²) in [5, 5.41) is 6.98. The van der Waals surface area contributed by atoms with Gasteiger partial charge in [0, 0.05) is 38.1 Å². The van der Waals surface area contributed by atoms with Crippen LogP contribution < -0.4 is 11.1 Å². The van der Waals surface area contributed by atoms with Crippen LogP contribution in [-0.2, 0) is 11.3 Å². The Labute approximate surface area is 107 Å². The van der Waals surface area contributed by atoms with Gasteiger partial charge in [-0.1, -0.05) is 0 Å². The summed E-state index contributed by atoms with van der Waals surface area (Å²) in [6.45, 7) is 3.66. The topological polar surface area (TPSA) is 76.2 Å². The van der Waals surface area contributed by atoms with Crippen molar-refractivity contribution in [3.8, 4) is 0 Å². The minimum Gasteiger partial charge on any atom is -0.353 e. The highest BCUT2D eigenvalue weighted by Crippen LogP contribution is 2.06. The summed E-state index contributed by atoms with van der Waals surface area (Å²) in [6, 6.07) is 2.18. The normalized spacial score (nSPS) is 17.8. The Morgan fingerprint density at radius 1 is 1.44 bits per heavy atom. The van der Waals surface area contributed by atoms with Gasteiger partial charge in [-0.25, -0.2) is 0 Å². The van der Waals surface area contributed by atoms with Crippen molar-refractivity contribution >= 4 is 5.91 Å². The molecule has 2 heterocycles. The first-order chi connectivity index (χ1) is 8.74. The number of aromatic nitrogens is 2. The number of carbonyl (C=O) groups excluding carboxylic acids is 1. The molecular weight excluding hydrogens is 230 g/mol. The van der Waals surface area contributed by atoms with E-state index in [2.05, 4.69) is 15.3 Å². The van der Waals surface area contributed by atoms with Crippen molar-refractivity contribution in [3.63, 3.8) is 0 Å². The van der Waals surface area contributed by atoms with Crippen molar-refractivity contribution in [2.75, 3.05) is 26.2 Å². The molecule has 1 amide bonds. The summed E-state index contributed by atoms with van der Waals surface area (Å²) >= 11 is 0. The minimum absolute atomic E-state index is 0.0811. The van der Waals surface area contributed by atoms with Crippen LogP contribution >= 0.6 is 0 Å². The second-order valence-electron chi connectivity index (χ2n) is 4.73. The van der Waals surface area contributed by atoms with Gasteiger partial charge in [-0.3, -0.25) is 14.4 Å². The summed E-state index contributed by atoms with van der Waals surface area (Å²) in [7, 11) is 0. The number of likely N-dealkylation sites (tertiary alicyclic amines) is 1. The molecule has 1 aromatic rings. The second-order valence-corrected chi connectivity index (χ2v) is 4.73. The molecule has 0 bridgehead atoms. The standard InChI is InChI=1S/C12H21N5O/c13-11-2-7-16(8-3-11)10-12(18)14-5-9-17-6-1-4-15-17/h1,4,6,11H,2-3,5,7-10,13H2,(H,14,18). The van der Waals surface area contributed by atoms with Crippen LogP contribution in [-0.4, -0.2) is 52.8 Å². The van der Waals surface area contributed by atoms with Crippen LogP contribution in [0.1, 0.15) is 12.8 Å². The molecule has 1 aliphatic rings. The molecule has 1 aliphatic heterocycles. The van der Waals surface area contributed by atoms with Crippen LogP contribution in [0.15, 0.2) is 18.5 Å². The van der Waals surface area contributed by atoms with E-state index in [9.17, 15) is 4.79 Å². The molecule has 0 spiro atoms. The Balaban J connectivity index is 1.60. The zero-order valence-corrected chi connectivity index (χ0v) is 10.6. The predicted octanol–water partition coefficient (Wildman–Crippen LogP) is -0.578. The molecule has 0 saturated carbocycles. The van der Waals surface area contributed by atoms with E-state index in [0.29, 0.717) is 25.7 Å². The van der Waals surface area contributed by atoms with Crippen LogP contribution in [0.2, 0.25) is 0 Å². The molecule has 1 saturated heterocycles.